The molecule has 0 amide bonds. The summed E-state index contributed by atoms with van der Waals surface area (Å²) in [5.74, 6) is 3.23. The summed E-state index contributed by atoms with van der Waals surface area (Å²) in [6, 6.07) is 0.567. The number of hydrogen-bond donors (Lipinski definition) is 2. The van der Waals surface area contributed by atoms with E-state index in [-0.39, 0.29) is 0 Å². The molecule has 4 heteroatoms. The van der Waals surface area contributed by atoms with Crippen LogP contribution >= 0.6 is 0 Å². The summed E-state index contributed by atoms with van der Waals surface area (Å²) in [5.41, 5.74) is 1.21. The first-order valence-corrected chi connectivity index (χ1v) is 7.47. The Hall–Kier alpha value is -1.32. The molecule has 1 saturated carbocycles. The second-order valence-corrected chi connectivity index (χ2v) is 5.93. The predicted molar refractivity (Wildman–Crippen MR) is 80.7 cm³/mol. The quantitative estimate of drug-likeness (QED) is 0.850. The van der Waals surface area contributed by atoms with Crippen LogP contribution in [0, 0.1) is 5.92 Å². The molecule has 1 aliphatic rings. The van der Waals surface area contributed by atoms with Crippen LogP contribution in [-0.2, 0) is 0 Å². The van der Waals surface area contributed by atoms with Gasteiger partial charge in [-0.1, -0.05) is 20.8 Å². The van der Waals surface area contributed by atoms with Crippen LogP contribution in [0.5, 0.6) is 0 Å². The van der Waals surface area contributed by atoms with Gasteiger partial charge in [0.15, 0.2) is 0 Å². The average Bonchev–Trinajstić information content (AvgIpc) is 2.75. The van der Waals surface area contributed by atoms with Crippen molar-refractivity contribution < 1.29 is 0 Å². The Morgan fingerprint density at radius 1 is 1.26 bits per heavy atom. The number of hydrogen-bond acceptors (Lipinski definition) is 4. The van der Waals surface area contributed by atoms with Gasteiger partial charge in [-0.05, 0) is 38.0 Å². The molecule has 1 aromatic heterocycles. The molecule has 2 rings (SSSR count). The van der Waals surface area contributed by atoms with Crippen molar-refractivity contribution in [1.29, 1.82) is 0 Å². The molecule has 0 bridgehead atoms. The van der Waals surface area contributed by atoms with Gasteiger partial charge < -0.3 is 10.6 Å². The van der Waals surface area contributed by atoms with Gasteiger partial charge in [0, 0.05) is 18.2 Å². The molecule has 0 aliphatic heterocycles. The predicted octanol–water partition coefficient (Wildman–Crippen LogP) is 3.63. The summed E-state index contributed by atoms with van der Waals surface area (Å²) < 4.78 is 0. The van der Waals surface area contributed by atoms with E-state index in [9.17, 15) is 0 Å². The van der Waals surface area contributed by atoms with E-state index in [1.807, 2.05) is 0 Å². The number of nitrogens with zero attached hydrogens (tertiary/aromatic N) is 2. The van der Waals surface area contributed by atoms with Gasteiger partial charge in [0.05, 0.1) is 0 Å². The van der Waals surface area contributed by atoms with E-state index in [4.69, 9.17) is 0 Å². The smallest absolute Gasteiger partial charge is 0.135 e. The van der Waals surface area contributed by atoms with Crippen LogP contribution in [-0.4, -0.2) is 22.6 Å². The highest BCUT2D eigenvalue weighted by atomic mass is 15.1. The van der Waals surface area contributed by atoms with Crippen molar-refractivity contribution in [3.8, 4) is 0 Å². The lowest BCUT2D eigenvalue weighted by Crippen LogP contribution is -2.19. The Morgan fingerprint density at radius 2 is 2.00 bits per heavy atom. The van der Waals surface area contributed by atoms with Gasteiger partial charge in [0.2, 0.25) is 0 Å². The van der Waals surface area contributed by atoms with Crippen LogP contribution in [0.2, 0.25) is 0 Å². The molecule has 1 heterocycles. The molecule has 4 nitrogen and oxygen atoms in total. The number of nitrogens with one attached hydrogen (secondary N) is 2. The van der Waals surface area contributed by atoms with Gasteiger partial charge >= 0.3 is 0 Å². The van der Waals surface area contributed by atoms with Gasteiger partial charge in [-0.15, -0.1) is 0 Å². The third-order valence-electron chi connectivity index (χ3n) is 3.84. The Bertz CT molecular complexity index is 417. The molecular weight excluding hydrogens is 236 g/mol. The molecule has 0 spiro atoms. The zero-order valence-electron chi connectivity index (χ0n) is 12.5. The highest BCUT2D eigenvalue weighted by Crippen LogP contribution is 2.32. The third-order valence-corrected chi connectivity index (χ3v) is 3.84. The highest BCUT2D eigenvalue weighted by molar-refractivity contribution is 5.59. The van der Waals surface area contributed by atoms with E-state index in [1.165, 1.54) is 24.8 Å². The van der Waals surface area contributed by atoms with Crippen molar-refractivity contribution in [2.45, 2.75) is 58.9 Å². The number of anilines is 2. The van der Waals surface area contributed by atoms with Crippen molar-refractivity contribution in [1.82, 2.24) is 9.97 Å². The maximum atomic E-state index is 4.47. The minimum absolute atomic E-state index is 0.413. The molecule has 2 atom stereocenters. The van der Waals surface area contributed by atoms with Crippen molar-refractivity contribution in [2.24, 2.45) is 5.92 Å². The Morgan fingerprint density at radius 3 is 2.58 bits per heavy atom. The molecule has 19 heavy (non-hydrogen) atoms. The zero-order valence-corrected chi connectivity index (χ0v) is 12.5. The monoisotopic (exact) mass is 262 g/mol. The van der Waals surface area contributed by atoms with Crippen LogP contribution < -0.4 is 10.6 Å². The number of aromatic nitrogens is 2. The molecule has 0 radical (unpaired) electrons. The van der Waals surface area contributed by atoms with Gasteiger partial charge in [-0.3, -0.25) is 0 Å². The standard InChI is InChI=1S/C15H26N4/c1-5-16-14-13(10(2)3)15(18-9-17-14)19-12-7-6-11(4)8-12/h9-12H,5-8H2,1-4H3,(H2,16,17,18,19). The lowest BCUT2D eigenvalue weighted by atomic mass is 10.0. The van der Waals surface area contributed by atoms with Crippen molar-refractivity contribution in [3.63, 3.8) is 0 Å². The molecule has 106 valence electrons. The van der Waals surface area contributed by atoms with Crippen molar-refractivity contribution in [2.75, 3.05) is 17.2 Å². The summed E-state index contributed by atoms with van der Waals surface area (Å²) >= 11 is 0. The van der Waals surface area contributed by atoms with Gasteiger partial charge in [0.1, 0.15) is 18.0 Å². The van der Waals surface area contributed by atoms with Crippen LogP contribution in [0.25, 0.3) is 0 Å². The SMILES string of the molecule is CCNc1ncnc(NC2CCC(C)C2)c1C(C)C. The van der Waals surface area contributed by atoms with Gasteiger partial charge in [0.25, 0.3) is 0 Å². The van der Waals surface area contributed by atoms with E-state index in [0.29, 0.717) is 12.0 Å². The normalized spacial score (nSPS) is 22.8. The summed E-state index contributed by atoms with van der Waals surface area (Å²) in [6.07, 6.45) is 5.47. The zero-order chi connectivity index (χ0) is 13.8. The summed E-state index contributed by atoms with van der Waals surface area (Å²) in [4.78, 5) is 8.85. The lowest BCUT2D eigenvalue weighted by Gasteiger charge is -2.20. The van der Waals surface area contributed by atoms with E-state index in [1.54, 1.807) is 6.33 Å². The molecule has 1 fully saturated rings. The molecule has 2 N–H and O–H groups in total. The van der Waals surface area contributed by atoms with E-state index >= 15 is 0 Å². The maximum Gasteiger partial charge on any atom is 0.135 e. The maximum absolute atomic E-state index is 4.47. The first-order chi connectivity index (χ1) is 9.11. The van der Waals surface area contributed by atoms with Crippen LogP contribution in [0.15, 0.2) is 6.33 Å². The molecule has 1 aliphatic carbocycles. The molecule has 0 aromatic carbocycles. The fourth-order valence-corrected chi connectivity index (χ4v) is 2.90. The van der Waals surface area contributed by atoms with Crippen LogP contribution in [0.1, 0.15) is 58.4 Å². The number of rotatable bonds is 5. The van der Waals surface area contributed by atoms with E-state index in [2.05, 4.69) is 48.3 Å². The second-order valence-electron chi connectivity index (χ2n) is 5.93. The topological polar surface area (TPSA) is 49.8 Å². The van der Waals surface area contributed by atoms with Gasteiger partial charge in [-0.2, -0.15) is 0 Å². The van der Waals surface area contributed by atoms with Crippen LogP contribution in [0.4, 0.5) is 11.6 Å². The summed E-state index contributed by atoms with van der Waals surface area (Å²) in [6.45, 7) is 9.70. The Labute approximate surface area is 116 Å². The Balaban J connectivity index is 2.21. The first-order valence-electron chi connectivity index (χ1n) is 7.47. The fourth-order valence-electron chi connectivity index (χ4n) is 2.90. The minimum Gasteiger partial charge on any atom is -0.370 e. The fraction of sp³-hybridized carbons (Fsp3) is 0.733. The van der Waals surface area contributed by atoms with Crippen molar-refractivity contribution >= 4 is 11.6 Å². The van der Waals surface area contributed by atoms with Gasteiger partial charge in [-0.25, -0.2) is 9.97 Å². The largest absolute Gasteiger partial charge is 0.370 e. The summed E-state index contributed by atoms with van der Waals surface area (Å²) in [7, 11) is 0. The molecular formula is C15H26N4. The Kier molecular flexibility index (Phi) is 4.61. The first kappa shape index (κ1) is 14.1. The average molecular weight is 262 g/mol. The molecule has 0 saturated heterocycles. The second kappa shape index (κ2) is 6.22. The van der Waals surface area contributed by atoms with E-state index < -0.39 is 0 Å². The van der Waals surface area contributed by atoms with E-state index in [0.717, 1.165) is 24.1 Å². The summed E-state index contributed by atoms with van der Waals surface area (Å²) in [5, 5.41) is 6.97. The lowest BCUT2D eigenvalue weighted by molar-refractivity contribution is 0.602. The minimum atomic E-state index is 0.413. The van der Waals surface area contributed by atoms with Crippen molar-refractivity contribution in [3.05, 3.63) is 11.9 Å². The third kappa shape index (κ3) is 3.37. The van der Waals surface area contributed by atoms with Crippen LogP contribution in [0.3, 0.4) is 0 Å². The molecule has 2 unspecified atom stereocenters. The highest BCUT2D eigenvalue weighted by Gasteiger charge is 2.23. The molecule has 1 aromatic rings.